The lowest BCUT2D eigenvalue weighted by atomic mass is 9.98. The van der Waals surface area contributed by atoms with E-state index in [1.54, 1.807) is 5.39 Å². The van der Waals surface area contributed by atoms with Crippen LogP contribution in [0.1, 0.15) is 0 Å². The fraction of sp³-hybridized carbons (Fsp3) is 0. The quantitative estimate of drug-likeness (QED) is 0.273. The summed E-state index contributed by atoms with van der Waals surface area (Å²) in [6, 6.07) is 25.4. The van der Waals surface area contributed by atoms with Crippen molar-refractivity contribution in [3.8, 4) is 0 Å². The van der Waals surface area contributed by atoms with Crippen molar-refractivity contribution in [1.29, 1.82) is 0 Å². The summed E-state index contributed by atoms with van der Waals surface area (Å²) in [5, 5.41) is 10.7. The summed E-state index contributed by atoms with van der Waals surface area (Å²) in [5.74, 6) is 0. The van der Waals surface area contributed by atoms with Gasteiger partial charge in [-0.05, 0) is 70.1 Å². The zero-order valence-corrected chi connectivity index (χ0v) is 17.9. The summed E-state index contributed by atoms with van der Waals surface area (Å²) >= 11 is 0. The molecule has 0 aliphatic carbocycles. The molecular weight excluding hydrogens is 329 g/mol. The van der Waals surface area contributed by atoms with Crippen molar-refractivity contribution in [2.24, 2.45) is 0 Å². The molecule has 1 heterocycles. The van der Waals surface area contributed by atoms with Crippen LogP contribution in [0.25, 0.3) is 32.3 Å². The van der Waals surface area contributed by atoms with E-state index in [4.69, 9.17) is 0 Å². The average Bonchev–Trinajstić information content (AvgIpc) is 2.51. The Kier molecular flexibility index (Phi) is 2.97. The molecule has 1 aliphatic heterocycles. The van der Waals surface area contributed by atoms with Crippen LogP contribution in [0.5, 0.6) is 0 Å². The second-order valence-electron chi connectivity index (χ2n) is 6.56. The normalized spacial score (nSPS) is 21.2. The molecule has 0 bridgehead atoms. The number of benzene rings is 4. The maximum Gasteiger partial charge on any atom is 0.0401 e. The molecule has 0 radical (unpaired) electrons. The van der Waals surface area contributed by atoms with E-state index < -0.39 is 0 Å². The summed E-state index contributed by atoms with van der Waals surface area (Å²) in [6.45, 7) is 0. The highest BCUT2D eigenvalue weighted by Gasteiger charge is 2.24. The first-order valence-electron chi connectivity index (χ1n) is 8.24. The topological polar surface area (TPSA) is 0 Å². The van der Waals surface area contributed by atoms with E-state index in [-0.39, 0.29) is 7.83 Å². The first-order chi connectivity index (χ1) is 10.9. The monoisotopic (exact) mass is 346 g/mol. The van der Waals surface area contributed by atoms with Gasteiger partial charge in [-0.2, -0.15) is 0 Å². The molecule has 1 aliphatic rings. The van der Waals surface area contributed by atoms with Gasteiger partial charge in [0.25, 0.3) is 0 Å². The Morgan fingerprint density at radius 3 is 2.14 bits per heavy atom. The van der Waals surface area contributed by atoms with Gasteiger partial charge in [-0.1, -0.05) is 59.8 Å². The van der Waals surface area contributed by atoms with Crippen LogP contribution in [0.2, 0.25) is 0 Å². The smallest absolute Gasteiger partial charge is 0.0401 e. The number of hydrogen-bond donors (Lipinski definition) is 0. The molecule has 4 heteroatoms. The summed E-state index contributed by atoms with van der Waals surface area (Å²) in [4.78, 5) is 0. The third kappa shape index (κ3) is 1.91. The van der Waals surface area contributed by atoms with Gasteiger partial charge in [0, 0.05) is 7.83 Å². The van der Waals surface area contributed by atoms with Crippen molar-refractivity contribution in [1.82, 2.24) is 0 Å². The van der Waals surface area contributed by atoms with Crippen molar-refractivity contribution >= 4 is 71.0 Å². The van der Waals surface area contributed by atoms with E-state index in [0.29, 0.717) is 25.7 Å². The molecule has 0 saturated carbocycles. The van der Waals surface area contributed by atoms with Gasteiger partial charge in [0.1, 0.15) is 0 Å². The lowest BCUT2D eigenvalue weighted by Crippen LogP contribution is -2.59. The summed E-state index contributed by atoms with van der Waals surface area (Å²) in [7, 11) is 1.19. The van der Waals surface area contributed by atoms with Crippen molar-refractivity contribution in [3.05, 3.63) is 66.7 Å². The van der Waals surface area contributed by atoms with Crippen LogP contribution in [-0.4, -0.2) is 33.5 Å². The van der Waals surface area contributed by atoms with Crippen LogP contribution in [-0.2, 0) is 0 Å². The van der Waals surface area contributed by atoms with Gasteiger partial charge >= 0.3 is 0 Å². The Bertz CT molecular complexity index is 1020. The maximum absolute atomic E-state index is 2.50. The molecule has 4 aromatic rings. The maximum atomic E-state index is 2.50. The third-order valence-electron chi connectivity index (χ3n) is 5.30. The van der Waals surface area contributed by atoms with Crippen LogP contribution in [0.15, 0.2) is 66.7 Å². The largest absolute Gasteiger partial charge is 0.0633 e. The molecule has 5 rings (SSSR count). The molecular formula is C18H18Si4. The van der Waals surface area contributed by atoms with Crippen LogP contribution < -0.4 is 5.19 Å². The molecule has 22 heavy (non-hydrogen) atoms. The molecule has 1 fully saturated rings. The molecule has 0 unspecified atom stereocenters. The van der Waals surface area contributed by atoms with E-state index in [2.05, 4.69) is 66.7 Å². The Hall–Kier alpha value is -1.47. The van der Waals surface area contributed by atoms with Crippen molar-refractivity contribution in [2.75, 3.05) is 0 Å². The Morgan fingerprint density at radius 1 is 0.636 bits per heavy atom. The van der Waals surface area contributed by atoms with Gasteiger partial charge in [0.05, 0.1) is 0 Å². The minimum Gasteiger partial charge on any atom is -0.0633 e. The molecule has 0 amide bonds. The molecule has 0 aromatic heterocycles. The van der Waals surface area contributed by atoms with Gasteiger partial charge in [0.15, 0.2) is 0 Å². The fourth-order valence-electron chi connectivity index (χ4n) is 3.89. The SMILES string of the molecule is c1ccc2cc3c(ccc4cccc([SiH]5[SiH2][SiH2][SiH2]5)c43)cc2c1. The van der Waals surface area contributed by atoms with Gasteiger partial charge in [-0.3, -0.25) is 0 Å². The summed E-state index contributed by atoms with van der Waals surface area (Å²) in [6.07, 6.45) is 0. The van der Waals surface area contributed by atoms with Crippen molar-refractivity contribution in [2.45, 2.75) is 0 Å². The molecule has 0 N–H and O–H groups in total. The summed E-state index contributed by atoms with van der Waals surface area (Å²) < 4.78 is 0. The minimum atomic E-state index is -0.340. The Balaban J connectivity index is 1.94. The molecule has 106 valence electrons. The number of fused-ring (bicyclic) bond motifs is 4. The summed E-state index contributed by atoms with van der Waals surface area (Å²) in [5.41, 5.74) is 0. The van der Waals surface area contributed by atoms with E-state index in [9.17, 15) is 0 Å². The molecule has 0 atom stereocenters. The second kappa shape index (κ2) is 5.02. The highest BCUT2D eigenvalue weighted by molar-refractivity contribution is 7.84. The molecule has 1 saturated heterocycles. The predicted octanol–water partition coefficient (Wildman–Crippen LogP) is 0.924. The van der Waals surface area contributed by atoms with Gasteiger partial charge in [0.2, 0.25) is 0 Å². The van der Waals surface area contributed by atoms with Crippen LogP contribution >= 0.6 is 0 Å². The standard InChI is InChI=1S/C18H18Si4/c1-2-5-14-11-16-15(10-13(14)4-1)9-8-12-6-3-7-17(18(12)16)22-20-19-21-22/h1-11,22H,19-21H2. The third-order valence-corrected chi connectivity index (χ3v) is 82.1. The number of hydrogen-bond acceptors (Lipinski definition) is 0. The van der Waals surface area contributed by atoms with Gasteiger partial charge in [-0.15, -0.1) is 0 Å². The van der Waals surface area contributed by atoms with E-state index >= 15 is 0 Å². The van der Waals surface area contributed by atoms with Gasteiger partial charge < -0.3 is 0 Å². The number of rotatable bonds is 1. The predicted molar refractivity (Wildman–Crippen MR) is 111 cm³/mol. The first-order valence-corrected chi connectivity index (χ1v) is 23.4. The first kappa shape index (κ1) is 13.0. The zero-order chi connectivity index (χ0) is 14.5. The fourth-order valence-corrected chi connectivity index (χ4v) is 47.8. The van der Waals surface area contributed by atoms with E-state index in [0.717, 1.165) is 0 Å². The van der Waals surface area contributed by atoms with Crippen molar-refractivity contribution < 1.29 is 0 Å². The average molecular weight is 347 g/mol. The lowest BCUT2D eigenvalue weighted by molar-refractivity contribution is 1.79. The zero-order valence-electron chi connectivity index (χ0n) is 12.5. The molecule has 0 nitrogen and oxygen atoms in total. The van der Waals surface area contributed by atoms with Gasteiger partial charge in [-0.25, -0.2) is 0 Å². The van der Waals surface area contributed by atoms with Crippen LogP contribution in [0.3, 0.4) is 0 Å². The molecule has 4 aromatic carbocycles. The molecule has 0 spiro atoms. The van der Waals surface area contributed by atoms with E-state index in [1.165, 1.54) is 26.9 Å². The Labute approximate surface area is 137 Å². The Morgan fingerprint density at radius 2 is 1.36 bits per heavy atom. The minimum absolute atomic E-state index is 0.340. The van der Waals surface area contributed by atoms with Crippen molar-refractivity contribution in [3.63, 3.8) is 0 Å². The van der Waals surface area contributed by atoms with Crippen LogP contribution in [0.4, 0.5) is 0 Å². The van der Waals surface area contributed by atoms with E-state index in [1.807, 2.05) is 5.19 Å². The lowest BCUT2D eigenvalue weighted by Gasteiger charge is -2.25. The highest BCUT2D eigenvalue weighted by Crippen LogP contribution is 2.29. The van der Waals surface area contributed by atoms with Crippen LogP contribution in [0, 0.1) is 0 Å². The highest BCUT2D eigenvalue weighted by atomic mass is 30.1. The second-order valence-corrected chi connectivity index (χ2v) is 42.2.